The van der Waals surface area contributed by atoms with Crippen molar-refractivity contribution in [3.05, 3.63) is 28.2 Å². The number of amides is 1. The average Bonchev–Trinajstić information content (AvgIpc) is 2.40. The number of hydrogen-bond donors (Lipinski definition) is 2. The molecule has 0 spiro atoms. The maximum atomic E-state index is 11.6. The minimum Gasteiger partial charge on any atom is -0.383 e. The lowest BCUT2D eigenvalue weighted by Crippen LogP contribution is -2.32. The van der Waals surface area contributed by atoms with Crippen LogP contribution in [0.3, 0.4) is 0 Å². The molecule has 0 aliphatic heterocycles. The number of ether oxygens (including phenoxy) is 2. The number of nitrogens with one attached hydrogen (secondary N) is 2. The Balaban J connectivity index is 2.52. The molecule has 106 valence electrons. The summed E-state index contributed by atoms with van der Waals surface area (Å²) in [6.07, 6.45) is 0. The number of halogens is 1. The number of carbonyl (C=O) groups is 1. The van der Waals surface area contributed by atoms with Crippen LogP contribution >= 0.6 is 15.9 Å². The van der Waals surface area contributed by atoms with E-state index in [0.29, 0.717) is 19.8 Å². The van der Waals surface area contributed by atoms with Gasteiger partial charge in [-0.25, -0.2) is 0 Å². The van der Waals surface area contributed by atoms with Crippen molar-refractivity contribution in [2.45, 2.75) is 6.61 Å². The van der Waals surface area contributed by atoms with Crippen molar-refractivity contribution < 1.29 is 14.3 Å². The Bertz CT molecular complexity index is 413. The molecule has 0 unspecified atom stereocenters. The van der Waals surface area contributed by atoms with Gasteiger partial charge in [0.15, 0.2) is 0 Å². The lowest BCUT2D eigenvalue weighted by atomic mass is 10.2. The Hall–Kier alpha value is -1.11. The monoisotopic (exact) mass is 330 g/mol. The topological polar surface area (TPSA) is 59.6 Å². The molecule has 0 aromatic heterocycles. The summed E-state index contributed by atoms with van der Waals surface area (Å²) in [6.45, 7) is 1.73. The Morgan fingerprint density at radius 2 is 2.11 bits per heavy atom. The largest absolute Gasteiger partial charge is 0.383 e. The van der Waals surface area contributed by atoms with Crippen molar-refractivity contribution in [3.8, 4) is 0 Å². The molecule has 6 heteroatoms. The first-order chi connectivity index (χ1) is 9.19. The van der Waals surface area contributed by atoms with Crippen LogP contribution in [0.25, 0.3) is 0 Å². The van der Waals surface area contributed by atoms with Crippen LogP contribution in [0.15, 0.2) is 22.7 Å². The third-order valence-electron chi connectivity index (χ3n) is 2.48. The second kappa shape index (κ2) is 8.90. The van der Waals surface area contributed by atoms with Crippen LogP contribution < -0.4 is 10.6 Å². The van der Waals surface area contributed by atoms with E-state index >= 15 is 0 Å². The molecule has 0 atom stereocenters. The van der Waals surface area contributed by atoms with Crippen molar-refractivity contribution >= 4 is 27.5 Å². The molecule has 1 rings (SSSR count). The fourth-order valence-electron chi connectivity index (χ4n) is 1.55. The fourth-order valence-corrected chi connectivity index (χ4v) is 2.03. The lowest BCUT2D eigenvalue weighted by Gasteiger charge is -2.13. The Morgan fingerprint density at radius 1 is 1.32 bits per heavy atom. The smallest absolute Gasteiger partial charge is 0.239 e. The van der Waals surface area contributed by atoms with Crippen molar-refractivity contribution in [1.29, 1.82) is 0 Å². The predicted molar refractivity (Wildman–Crippen MR) is 78.2 cm³/mol. The fraction of sp³-hybridized carbons (Fsp3) is 0.462. The van der Waals surface area contributed by atoms with Gasteiger partial charge in [0.1, 0.15) is 0 Å². The Morgan fingerprint density at radius 3 is 2.79 bits per heavy atom. The molecule has 1 aromatic rings. The van der Waals surface area contributed by atoms with Crippen LogP contribution in [-0.2, 0) is 20.9 Å². The highest BCUT2D eigenvalue weighted by atomic mass is 79.9. The van der Waals surface area contributed by atoms with E-state index in [1.54, 1.807) is 14.2 Å². The second-order valence-corrected chi connectivity index (χ2v) is 4.75. The Labute approximate surface area is 121 Å². The summed E-state index contributed by atoms with van der Waals surface area (Å²) in [4.78, 5) is 11.6. The zero-order valence-corrected chi connectivity index (χ0v) is 12.7. The van der Waals surface area contributed by atoms with E-state index < -0.39 is 0 Å². The first-order valence-electron chi connectivity index (χ1n) is 5.95. The number of carbonyl (C=O) groups excluding carboxylic acids is 1. The highest BCUT2D eigenvalue weighted by Gasteiger charge is 2.07. The summed E-state index contributed by atoms with van der Waals surface area (Å²) in [5, 5.41) is 5.85. The van der Waals surface area contributed by atoms with Crippen LogP contribution in [0.5, 0.6) is 0 Å². The number of hydrogen-bond acceptors (Lipinski definition) is 4. The van der Waals surface area contributed by atoms with Gasteiger partial charge in [-0.3, -0.25) is 4.79 Å². The molecule has 0 aliphatic rings. The van der Waals surface area contributed by atoms with Crippen LogP contribution in [0.1, 0.15) is 5.56 Å². The minimum atomic E-state index is -0.0691. The summed E-state index contributed by atoms with van der Waals surface area (Å²) in [5.41, 5.74) is 1.88. The van der Waals surface area contributed by atoms with Gasteiger partial charge < -0.3 is 20.1 Å². The van der Waals surface area contributed by atoms with E-state index in [0.717, 1.165) is 15.7 Å². The summed E-state index contributed by atoms with van der Waals surface area (Å²) >= 11 is 3.47. The van der Waals surface area contributed by atoms with Crippen LogP contribution in [-0.4, -0.2) is 39.8 Å². The minimum absolute atomic E-state index is 0.0691. The molecule has 0 aliphatic carbocycles. The van der Waals surface area contributed by atoms with Gasteiger partial charge in [0, 0.05) is 36.5 Å². The predicted octanol–water partition coefficient (Wildman–Crippen LogP) is 1.77. The van der Waals surface area contributed by atoms with E-state index in [1.165, 1.54) is 0 Å². The normalized spacial score (nSPS) is 10.3. The number of anilines is 1. The third kappa shape index (κ3) is 5.59. The summed E-state index contributed by atoms with van der Waals surface area (Å²) in [5.74, 6) is -0.0691. The number of benzene rings is 1. The molecule has 5 nitrogen and oxygen atoms in total. The standard InChI is InChI=1S/C13H19BrN2O3/c1-18-7-6-15-13(17)8-16-12-5-3-4-11(14)10(12)9-19-2/h3-5,16H,6-9H2,1-2H3,(H,15,17). The molecular formula is C13H19BrN2O3. The van der Waals surface area contributed by atoms with Crippen molar-refractivity contribution in [3.63, 3.8) is 0 Å². The zero-order chi connectivity index (χ0) is 14.1. The van der Waals surface area contributed by atoms with Crippen LogP contribution in [0, 0.1) is 0 Å². The molecule has 0 saturated carbocycles. The van der Waals surface area contributed by atoms with Gasteiger partial charge in [-0.1, -0.05) is 22.0 Å². The molecule has 0 fully saturated rings. The van der Waals surface area contributed by atoms with E-state index in [2.05, 4.69) is 26.6 Å². The molecule has 0 radical (unpaired) electrons. The van der Waals surface area contributed by atoms with E-state index in [4.69, 9.17) is 9.47 Å². The Kier molecular flexibility index (Phi) is 7.47. The van der Waals surface area contributed by atoms with E-state index in [9.17, 15) is 4.79 Å². The van der Waals surface area contributed by atoms with Crippen molar-refractivity contribution in [1.82, 2.24) is 5.32 Å². The molecule has 0 saturated heterocycles. The SMILES string of the molecule is COCCNC(=O)CNc1cccc(Br)c1COC. The van der Waals surface area contributed by atoms with Crippen molar-refractivity contribution in [2.75, 3.05) is 39.2 Å². The summed E-state index contributed by atoms with van der Waals surface area (Å²) in [6, 6.07) is 5.77. The number of rotatable bonds is 8. The summed E-state index contributed by atoms with van der Waals surface area (Å²) in [7, 11) is 3.24. The van der Waals surface area contributed by atoms with Crippen LogP contribution in [0.2, 0.25) is 0 Å². The first kappa shape index (κ1) is 15.9. The van der Waals surface area contributed by atoms with Gasteiger partial charge in [0.05, 0.1) is 19.8 Å². The second-order valence-electron chi connectivity index (χ2n) is 3.90. The van der Waals surface area contributed by atoms with Gasteiger partial charge in [0.25, 0.3) is 0 Å². The molecule has 1 aromatic carbocycles. The third-order valence-corrected chi connectivity index (χ3v) is 3.22. The highest BCUT2D eigenvalue weighted by molar-refractivity contribution is 9.10. The van der Waals surface area contributed by atoms with E-state index in [-0.39, 0.29) is 12.5 Å². The highest BCUT2D eigenvalue weighted by Crippen LogP contribution is 2.25. The van der Waals surface area contributed by atoms with Crippen molar-refractivity contribution in [2.24, 2.45) is 0 Å². The van der Waals surface area contributed by atoms with Crippen LogP contribution in [0.4, 0.5) is 5.69 Å². The van der Waals surface area contributed by atoms with Gasteiger partial charge in [-0.2, -0.15) is 0 Å². The van der Waals surface area contributed by atoms with Gasteiger partial charge >= 0.3 is 0 Å². The van der Waals surface area contributed by atoms with E-state index in [1.807, 2.05) is 18.2 Å². The average molecular weight is 331 g/mol. The maximum Gasteiger partial charge on any atom is 0.239 e. The quantitative estimate of drug-likeness (QED) is 0.713. The first-order valence-corrected chi connectivity index (χ1v) is 6.74. The molecule has 2 N–H and O–H groups in total. The maximum absolute atomic E-state index is 11.6. The van der Waals surface area contributed by atoms with Gasteiger partial charge in [-0.05, 0) is 12.1 Å². The zero-order valence-electron chi connectivity index (χ0n) is 11.2. The summed E-state index contributed by atoms with van der Waals surface area (Å²) < 4.78 is 11.0. The molecule has 0 bridgehead atoms. The lowest BCUT2D eigenvalue weighted by molar-refractivity contribution is -0.119. The molecule has 1 amide bonds. The molecule has 0 heterocycles. The molecular weight excluding hydrogens is 312 g/mol. The van der Waals surface area contributed by atoms with Gasteiger partial charge in [-0.15, -0.1) is 0 Å². The van der Waals surface area contributed by atoms with Gasteiger partial charge in [0.2, 0.25) is 5.91 Å². The number of methoxy groups -OCH3 is 2. The molecule has 19 heavy (non-hydrogen) atoms.